The minimum atomic E-state index is -1.96. The number of thioether (sulfide) groups is 1. The molecule has 1 atom stereocenters. The molecule has 0 spiro atoms. The molecule has 0 aliphatic carbocycles. The SMILES string of the molecule is CCOC(=O)C(NC(C)=O)C1([S-](=N)=O)CCSCC1. The van der Waals surface area contributed by atoms with Crippen molar-refractivity contribution >= 4 is 34.2 Å². The summed E-state index contributed by atoms with van der Waals surface area (Å²) in [6, 6.07) is -1.01. The number of nitrogens with one attached hydrogen (secondary N) is 2. The lowest BCUT2D eigenvalue weighted by molar-refractivity contribution is -0.148. The van der Waals surface area contributed by atoms with Gasteiger partial charge in [-0.25, -0.2) is 4.79 Å². The summed E-state index contributed by atoms with van der Waals surface area (Å²) in [5.41, 5.74) is 0. The Hall–Kier alpha value is -0.760. The van der Waals surface area contributed by atoms with Gasteiger partial charge >= 0.3 is 5.97 Å². The first kappa shape index (κ1) is 16.3. The van der Waals surface area contributed by atoms with Crippen LogP contribution in [0.25, 0.3) is 0 Å². The zero-order valence-electron chi connectivity index (χ0n) is 11.1. The second kappa shape index (κ2) is 7.14. The maximum atomic E-state index is 12.0. The van der Waals surface area contributed by atoms with E-state index in [0.717, 1.165) is 11.5 Å². The molecular formula is C11H19N2O4S2-. The number of ether oxygens (including phenoxy) is 1. The lowest BCUT2D eigenvalue weighted by Gasteiger charge is -2.45. The molecule has 110 valence electrons. The van der Waals surface area contributed by atoms with Crippen LogP contribution in [0.1, 0.15) is 26.7 Å². The number of carbonyl (C=O) groups excluding carboxylic acids is 2. The second-order valence-corrected chi connectivity index (χ2v) is 6.91. The first-order chi connectivity index (χ1) is 8.94. The van der Waals surface area contributed by atoms with E-state index >= 15 is 0 Å². The van der Waals surface area contributed by atoms with Gasteiger partial charge in [-0.3, -0.25) is 4.79 Å². The van der Waals surface area contributed by atoms with Gasteiger partial charge in [0.25, 0.3) is 0 Å². The number of hydrogen-bond donors (Lipinski definition) is 2. The Labute approximate surface area is 119 Å². The van der Waals surface area contributed by atoms with Gasteiger partial charge in [0.2, 0.25) is 5.91 Å². The highest BCUT2D eigenvalue weighted by Crippen LogP contribution is 2.34. The molecule has 0 saturated carbocycles. The molecule has 0 aromatic heterocycles. The summed E-state index contributed by atoms with van der Waals surface area (Å²) in [5, 5.41) is 2.52. The minimum Gasteiger partial charge on any atom is -0.464 e. The molecule has 6 nitrogen and oxygen atoms in total. The van der Waals surface area contributed by atoms with Gasteiger partial charge in [-0.2, -0.15) is 22.4 Å². The Balaban J connectivity index is 3.09. The molecule has 0 bridgehead atoms. The zero-order chi connectivity index (χ0) is 14.5. The van der Waals surface area contributed by atoms with Crippen LogP contribution in [0.5, 0.6) is 0 Å². The first-order valence-electron chi connectivity index (χ1n) is 6.08. The van der Waals surface area contributed by atoms with Crippen molar-refractivity contribution in [3.8, 4) is 0 Å². The van der Waals surface area contributed by atoms with Crippen LogP contribution in [-0.2, 0) is 29.1 Å². The quantitative estimate of drug-likeness (QED) is 0.584. The van der Waals surface area contributed by atoms with Gasteiger partial charge < -0.3 is 19.0 Å². The van der Waals surface area contributed by atoms with E-state index in [1.165, 1.54) is 6.92 Å². The highest BCUT2D eigenvalue weighted by atomic mass is 32.2. The molecule has 1 aliphatic heterocycles. The van der Waals surface area contributed by atoms with Crippen molar-refractivity contribution in [3.05, 3.63) is 0 Å². The van der Waals surface area contributed by atoms with E-state index in [-0.39, 0.29) is 12.5 Å². The van der Waals surface area contributed by atoms with E-state index in [4.69, 9.17) is 9.52 Å². The van der Waals surface area contributed by atoms with E-state index < -0.39 is 27.4 Å². The molecule has 0 aromatic carbocycles. The monoisotopic (exact) mass is 307 g/mol. The number of rotatable bonds is 5. The molecule has 1 fully saturated rings. The van der Waals surface area contributed by atoms with Crippen LogP contribution in [0.15, 0.2) is 0 Å². The van der Waals surface area contributed by atoms with Crippen molar-refractivity contribution in [2.45, 2.75) is 37.5 Å². The van der Waals surface area contributed by atoms with Gasteiger partial charge in [0.15, 0.2) is 0 Å². The molecule has 2 N–H and O–H groups in total. The largest absolute Gasteiger partial charge is 0.464 e. The average Bonchev–Trinajstić information content (AvgIpc) is 2.36. The van der Waals surface area contributed by atoms with Crippen LogP contribution in [-0.4, -0.2) is 40.8 Å². The third kappa shape index (κ3) is 3.85. The first-order valence-corrected chi connectivity index (χ1v) is 8.39. The van der Waals surface area contributed by atoms with E-state index in [1.807, 2.05) is 0 Å². The molecule has 1 heterocycles. The van der Waals surface area contributed by atoms with Crippen LogP contribution >= 0.6 is 11.8 Å². The lowest BCUT2D eigenvalue weighted by Crippen LogP contribution is -2.59. The Bertz CT molecular complexity index is 409. The number of hydrogen-bond acceptors (Lipinski definition) is 7. The fourth-order valence-electron chi connectivity index (χ4n) is 2.13. The van der Waals surface area contributed by atoms with Crippen LogP contribution < -0.4 is 5.32 Å². The molecule has 19 heavy (non-hydrogen) atoms. The minimum absolute atomic E-state index is 0.185. The zero-order valence-corrected chi connectivity index (χ0v) is 12.7. The van der Waals surface area contributed by atoms with Crippen molar-refractivity contribution in [2.75, 3.05) is 18.1 Å². The fraction of sp³-hybridized carbons (Fsp3) is 0.818. The molecule has 1 rings (SSSR count). The highest BCUT2D eigenvalue weighted by Gasteiger charge is 2.41. The van der Waals surface area contributed by atoms with Crippen LogP contribution in [0, 0.1) is 4.78 Å². The fourth-order valence-corrected chi connectivity index (χ4v) is 4.56. The molecule has 1 aliphatic rings. The van der Waals surface area contributed by atoms with E-state index in [1.54, 1.807) is 18.7 Å². The van der Waals surface area contributed by atoms with Crippen molar-refractivity contribution in [1.29, 1.82) is 4.78 Å². The predicted molar refractivity (Wildman–Crippen MR) is 74.3 cm³/mol. The Morgan fingerprint density at radius 1 is 1.47 bits per heavy atom. The summed E-state index contributed by atoms with van der Waals surface area (Å²) in [6.07, 6.45) is 0.912. The lowest BCUT2D eigenvalue weighted by atomic mass is 9.92. The van der Waals surface area contributed by atoms with Gasteiger partial charge in [-0.05, 0) is 23.2 Å². The van der Waals surface area contributed by atoms with Crippen molar-refractivity contribution < 1.29 is 18.5 Å². The van der Waals surface area contributed by atoms with Gasteiger partial charge in [-0.1, -0.05) is 12.8 Å². The van der Waals surface area contributed by atoms with E-state index in [0.29, 0.717) is 12.8 Å². The van der Waals surface area contributed by atoms with E-state index in [2.05, 4.69) is 5.32 Å². The van der Waals surface area contributed by atoms with Crippen LogP contribution in [0.3, 0.4) is 0 Å². The third-order valence-electron chi connectivity index (χ3n) is 3.10. The van der Waals surface area contributed by atoms with E-state index in [9.17, 15) is 13.8 Å². The van der Waals surface area contributed by atoms with Gasteiger partial charge in [0, 0.05) is 6.92 Å². The number of carbonyl (C=O) groups is 2. The summed E-state index contributed by atoms with van der Waals surface area (Å²) in [4.78, 5) is 23.3. The number of amides is 1. The molecule has 8 heteroatoms. The molecular weight excluding hydrogens is 288 g/mol. The Morgan fingerprint density at radius 2 is 2.05 bits per heavy atom. The molecule has 1 saturated heterocycles. The third-order valence-corrected chi connectivity index (χ3v) is 5.47. The van der Waals surface area contributed by atoms with Gasteiger partial charge in [0.1, 0.15) is 6.04 Å². The Kier molecular flexibility index (Phi) is 6.12. The van der Waals surface area contributed by atoms with Gasteiger partial charge in [0.05, 0.1) is 6.61 Å². The highest BCUT2D eigenvalue weighted by molar-refractivity contribution is 7.99. The molecule has 1 amide bonds. The molecule has 0 aromatic rings. The maximum Gasteiger partial charge on any atom is 0.327 e. The van der Waals surface area contributed by atoms with Gasteiger partial charge in [-0.15, -0.1) is 0 Å². The summed E-state index contributed by atoms with van der Waals surface area (Å²) < 4.78 is 23.4. The normalized spacial score (nSPS) is 19.7. The molecule has 0 radical (unpaired) electrons. The smallest absolute Gasteiger partial charge is 0.327 e. The predicted octanol–water partition coefficient (Wildman–Crippen LogP) is 1.05. The summed E-state index contributed by atoms with van der Waals surface area (Å²) in [5.74, 6) is 0.450. The summed E-state index contributed by atoms with van der Waals surface area (Å²) in [6.45, 7) is 3.15. The summed E-state index contributed by atoms with van der Waals surface area (Å²) in [7, 11) is -1.96. The van der Waals surface area contributed by atoms with Crippen molar-refractivity contribution in [1.82, 2.24) is 5.32 Å². The summed E-state index contributed by atoms with van der Waals surface area (Å²) >= 11 is 1.69. The topological polar surface area (TPSA) is 96.3 Å². The van der Waals surface area contributed by atoms with Crippen LogP contribution in [0.2, 0.25) is 0 Å². The molecule has 1 unspecified atom stereocenters. The van der Waals surface area contributed by atoms with Crippen LogP contribution in [0.4, 0.5) is 0 Å². The van der Waals surface area contributed by atoms with Crippen molar-refractivity contribution in [3.63, 3.8) is 0 Å². The number of esters is 1. The maximum absolute atomic E-state index is 12.0. The second-order valence-electron chi connectivity index (χ2n) is 4.33. The standard InChI is InChI=1S/C11H19N2O4S2/c1-3-17-10(15)9(13-8(2)14)11(19(12)16)4-6-18-7-5-11/h9,12H,3-7H2,1-2H3,(H,13,14)/q-1. The van der Waals surface area contributed by atoms with Crippen molar-refractivity contribution in [2.24, 2.45) is 0 Å². The average molecular weight is 307 g/mol. The Morgan fingerprint density at radius 3 is 2.47 bits per heavy atom.